The standard InChI is InChI=1S/C28H25ClFN5OS/c1-17(2)27(36)32-22-12-11-20(16-21(22)29)35-26(25(33-28(35)37)23-9-3-4-13-31-23)24-10-6-14-34(24)19-8-5-7-18(30)15-19/h3-17,25-26H,1-2H3,(H,32,36)(H,33,37)/t25-,26-/m1/s1. The van der Waals surface area contributed by atoms with Crippen molar-refractivity contribution < 1.29 is 9.18 Å². The first-order chi connectivity index (χ1) is 17.8. The maximum absolute atomic E-state index is 14.1. The van der Waals surface area contributed by atoms with E-state index in [9.17, 15) is 9.18 Å². The van der Waals surface area contributed by atoms with Gasteiger partial charge in [0, 0.05) is 35.4 Å². The Bertz CT molecular complexity index is 1460. The Morgan fingerprint density at radius 3 is 2.62 bits per heavy atom. The van der Waals surface area contributed by atoms with E-state index in [1.54, 1.807) is 24.4 Å². The van der Waals surface area contributed by atoms with Crippen LogP contribution < -0.4 is 15.5 Å². The van der Waals surface area contributed by atoms with Gasteiger partial charge in [0.2, 0.25) is 5.91 Å². The van der Waals surface area contributed by atoms with Crippen molar-refractivity contribution in [2.45, 2.75) is 25.9 Å². The summed E-state index contributed by atoms with van der Waals surface area (Å²) in [6.07, 6.45) is 3.64. The third kappa shape index (κ3) is 4.95. The van der Waals surface area contributed by atoms with Crippen molar-refractivity contribution in [1.82, 2.24) is 14.9 Å². The number of hydrogen-bond donors (Lipinski definition) is 2. The molecule has 6 nitrogen and oxygen atoms in total. The molecule has 1 saturated heterocycles. The molecular formula is C28H25ClFN5OS. The van der Waals surface area contributed by atoms with Gasteiger partial charge in [0.1, 0.15) is 11.9 Å². The molecule has 0 spiro atoms. The summed E-state index contributed by atoms with van der Waals surface area (Å²) in [4.78, 5) is 18.8. The molecule has 1 aliphatic heterocycles. The summed E-state index contributed by atoms with van der Waals surface area (Å²) >= 11 is 12.4. The van der Waals surface area contributed by atoms with E-state index in [0.717, 1.165) is 17.1 Å². The second-order valence-electron chi connectivity index (χ2n) is 9.09. The number of thiocarbonyl (C=S) groups is 1. The number of carbonyl (C=O) groups excluding carboxylic acids is 1. The molecule has 3 heterocycles. The molecule has 5 rings (SSSR count). The van der Waals surface area contributed by atoms with Crippen LogP contribution in [0.2, 0.25) is 5.02 Å². The van der Waals surface area contributed by atoms with Crippen molar-refractivity contribution in [3.63, 3.8) is 0 Å². The summed E-state index contributed by atoms with van der Waals surface area (Å²) in [5.41, 5.74) is 3.68. The molecule has 1 amide bonds. The fourth-order valence-electron chi connectivity index (χ4n) is 4.46. The molecule has 0 aliphatic carbocycles. The van der Waals surface area contributed by atoms with Gasteiger partial charge < -0.3 is 20.1 Å². The van der Waals surface area contributed by atoms with Gasteiger partial charge in [-0.15, -0.1) is 0 Å². The van der Waals surface area contributed by atoms with Crippen molar-refractivity contribution in [3.05, 3.63) is 107 Å². The lowest BCUT2D eigenvalue weighted by atomic mass is 10.0. The zero-order chi connectivity index (χ0) is 26.1. The van der Waals surface area contributed by atoms with Gasteiger partial charge in [0.05, 0.1) is 22.4 Å². The number of carbonyl (C=O) groups is 1. The molecule has 1 aliphatic rings. The van der Waals surface area contributed by atoms with Crippen molar-refractivity contribution in [2.24, 2.45) is 5.92 Å². The van der Waals surface area contributed by atoms with Crippen LogP contribution >= 0.6 is 23.8 Å². The third-order valence-electron chi connectivity index (χ3n) is 6.28. The van der Waals surface area contributed by atoms with E-state index < -0.39 is 0 Å². The van der Waals surface area contributed by atoms with Crippen LogP contribution in [0.3, 0.4) is 0 Å². The summed E-state index contributed by atoms with van der Waals surface area (Å²) in [5, 5.41) is 7.18. The number of nitrogens with zero attached hydrogens (tertiary/aromatic N) is 3. The Balaban J connectivity index is 1.60. The summed E-state index contributed by atoms with van der Waals surface area (Å²) in [6, 6.07) is 20.9. The molecule has 0 radical (unpaired) electrons. The zero-order valence-corrected chi connectivity index (χ0v) is 21.8. The van der Waals surface area contributed by atoms with Gasteiger partial charge in [-0.2, -0.15) is 0 Å². The van der Waals surface area contributed by atoms with E-state index in [2.05, 4.69) is 15.6 Å². The molecule has 2 aromatic carbocycles. The molecule has 4 aromatic rings. The van der Waals surface area contributed by atoms with Gasteiger partial charge >= 0.3 is 0 Å². The lowest BCUT2D eigenvalue weighted by Crippen LogP contribution is -2.30. The predicted molar refractivity (Wildman–Crippen MR) is 149 cm³/mol. The number of aromatic nitrogens is 2. The number of hydrogen-bond acceptors (Lipinski definition) is 3. The number of halogens is 2. The summed E-state index contributed by atoms with van der Waals surface area (Å²) in [7, 11) is 0. The molecule has 2 aromatic heterocycles. The van der Waals surface area contributed by atoms with Crippen LogP contribution in [0, 0.1) is 11.7 Å². The normalized spacial score (nSPS) is 17.2. The highest BCUT2D eigenvalue weighted by Gasteiger charge is 2.42. The lowest BCUT2D eigenvalue weighted by Gasteiger charge is -2.29. The van der Waals surface area contributed by atoms with Gasteiger partial charge in [-0.05, 0) is 72.9 Å². The maximum atomic E-state index is 14.1. The molecule has 37 heavy (non-hydrogen) atoms. The Kier molecular flexibility index (Phi) is 6.95. The largest absolute Gasteiger partial charge is 0.351 e. The average molecular weight is 534 g/mol. The molecule has 188 valence electrons. The number of anilines is 2. The minimum absolute atomic E-state index is 0.117. The van der Waals surface area contributed by atoms with E-state index in [1.807, 2.05) is 72.0 Å². The van der Waals surface area contributed by atoms with Crippen molar-refractivity contribution in [1.29, 1.82) is 0 Å². The molecule has 2 atom stereocenters. The van der Waals surface area contributed by atoms with Gasteiger partial charge in [-0.25, -0.2) is 4.39 Å². The molecule has 0 saturated carbocycles. The SMILES string of the molecule is CC(C)C(=O)Nc1ccc(N2C(=S)N[C@H](c3ccccn3)[C@H]2c2cccn2-c2cccc(F)c2)cc1Cl. The molecule has 2 N–H and O–H groups in total. The summed E-state index contributed by atoms with van der Waals surface area (Å²) in [5.74, 6) is -0.611. The highest BCUT2D eigenvalue weighted by Crippen LogP contribution is 2.43. The van der Waals surface area contributed by atoms with Crippen LogP contribution in [0.25, 0.3) is 5.69 Å². The van der Waals surface area contributed by atoms with Crippen LogP contribution in [0.15, 0.2) is 85.2 Å². The number of rotatable bonds is 6. The predicted octanol–water partition coefficient (Wildman–Crippen LogP) is 6.44. The highest BCUT2D eigenvalue weighted by molar-refractivity contribution is 7.80. The lowest BCUT2D eigenvalue weighted by molar-refractivity contribution is -0.118. The fourth-order valence-corrected chi connectivity index (χ4v) is 5.03. The quantitative estimate of drug-likeness (QED) is 0.279. The molecule has 9 heteroatoms. The first-order valence-corrected chi connectivity index (χ1v) is 12.7. The highest BCUT2D eigenvalue weighted by atomic mass is 35.5. The van der Waals surface area contributed by atoms with Crippen LogP contribution in [0.4, 0.5) is 15.8 Å². The zero-order valence-electron chi connectivity index (χ0n) is 20.2. The second-order valence-corrected chi connectivity index (χ2v) is 9.88. The Morgan fingerprint density at radius 1 is 1.08 bits per heavy atom. The Hall–Kier alpha value is -3.75. The Morgan fingerprint density at radius 2 is 1.92 bits per heavy atom. The molecule has 1 fully saturated rings. The number of nitrogens with one attached hydrogen (secondary N) is 2. The fraction of sp³-hybridized carbons (Fsp3) is 0.179. The minimum Gasteiger partial charge on any atom is -0.351 e. The van der Waals surface area contributed by atoms with Crippen LogP contribution in [0.5, 0.6) is 0 Å². The average Bonchev–Trinajstić information content (AvgIpc) is 3.50. The van der Waals surface area contributed by atoms with Crippen molar-refractivity contribution in [2.75, 3.05) is 10.2 Å². The van der Waals surface area contributed by atoms with E-state index in [4.69, 9.17) is 23.8 Å². The number of pyridine rings is 1. The van der Waals surface area contributed by atoms with Gasteiger partial charge in [-0.3, -0.25) is 9.78 Å². The van der Waals surface area contributed by atoms with Crippen LogP contribution in [-0.4, -0.2) is 20.6 Å². The number of benzene rings is 2. The maximum Gasteiger partial charge on any atom is 0.226 e. The van der Waals surface area contributed by atoms with E-state index in [1.165, 1.54) is 12.1 Å². The first-order valence-electron chi connectivity index (χ1n) is 11.9. The van der Waals surface area contributed by atoms with Gasteiger partial charge in [0.15, 0.2) is 5.11 Å². The summed E-state index contributed by atoms with van der Waals surface area (Å²) in [6.45, 7) is 3.64. The van der Waals surface area contributed by atoms with Crippen molar-refractivity contribution >= 4 is 46.2 Å². The topological polar surface area (TPSA) is 62.2 Å². The van der Waals surface area contributed by atoms with Gasteiger partial charge in [-0.1, -0.05) is 37.6 Å². The summed E-state index contributed by atoms with van der Waals surface area (Å²) < 4.78 is 16.1. The van der Waals surface area contributed by atoms with E-state index >= 15 is 0 Å². The second kappa shape index (κ2) is 10.3. The molecule has 0 unspecified atom stereocenters. The number of amides is 1. The molecular weight excluding hydrogens is 509 g/mol. The monoisotopic (exact) mass is 533 g/mol. The van der Waals surface area contributed by atoms with Crippen molar-refractivity contribution in [3.8, 4) is 5.69 Å². The molecule has 0 bridgehead atoms. The first kappa shape index (κ1) is 24.9. The van der Waals surface area contributed by atoms with Gasteiger partial charge in [0.25, 0.3) is 0 Å². The van der Waals surface area contributed by atoms with Crippen LogP contribution in [0.1, 0.15) is 37.3 Å². The third-order valence-corrected chi connectivity index (χ3v) is 6.91. The smallest absolute Gasteiger partial charge is 0.226 e. The minimum atomic E-state index is -0.326. The Labute approximate surface area is 225 Å². The van der Waals surface area contributed by atoms with E-state index in [0.29, 0.717) is 21.5 Å². The van der Waals surface area contributed by atoms with E-state index in [-0.39, 0.29) is 29.7 Å². The van der Waals surface area contributed by atoms with Crippen LogP contribution in [-0.2, 0) is 4.79 Å².